The van der Waals surface area contributed by atoms with Crippen molar-refractivity contribution in [2.24, 2.45) is 17.8 Å². The van der Waals surface area contributed by atoms with Crippen LogP contribution < -0.4 is 10.6 Å². The Morgan fingerprint density at radius 1 is 1.00 bits per heavy atom. The van der Waals surface area contributed by atoms with Crippen molar-refractivity contribution in [1.82, 2.24) is 15.5 Å². The summed E-state index contributed by atoms with van der Waals surface area (Å²) in [5.41, 5.74) is 0. The summed E-state index contributed by atoms with van der Waals surface area (Å²) < 4.78 is 0. The zero-order chi connectivity index (χ0) is 16.7. The molecule has 7 atom stereocenters. The van der Waals surface area contributed by atoms with Gasteiger partial charge < -0.3 is 5.11 Å². The summed E-state index contributed by atoms with van der Waals surface area (Å²) in [5, 5.41) is 17.2. The van der Waals surface area contributed by atoms with Crippen LogP contribution >= 0.6 is 0 Å². The molecule has 3 aliphatic rings. The maximum absolute atomic E-state index is 12.1. The summed E-state index contributed by atoms with van der Waals surface area (Å²) in [7, 11) is 0. The van der Waals surface area contributed by atoms with Gasteiger partial charge in [-0.25, -0.2) is 0 Å². The first-order valence-electron chi connectivity index (χ1n) is 9.42. The number of hydrogen-bond donors (Lipinski definition) is 3. The maximum atomic E-state index is 12.1. The molecule has 3 fully saturated rings. The molecule has 132 valence electrons. The van der Waals surface area contributed by atoms with Gasteiger partial charge in [-0.05, 0) is 57.8 Å². The minimum Gasteiger partial charge on any atom is -0.480 e. The fraction of sp³-hybridized carbons (Fsp3) is 0.944. The number of nitrogens with one attached hydrogen (secondary N) is 2. The highest BCUT2D eigenvalue weighted by Crippen LogP contribution is 2.45. The van der Waals surface area contributed by atoms with E-state index in [1.807, 2.05) is 0 Å². The van der Waals surface area contributed by atoms with E-state index in [1.54, 1.807) is 0 Å². The minimum atomic E-state index is -0.664. The van der Waals surface area contributed by atoms with Gasteiger partial charge in [0.1, 0.15) is 12.3 Å². The fourth-order valence-corrected chi connectivity index (χ4v) is 5.59. The van der Waals surface area contributed by atoms with Crippen LogP contribution in [0.2, 0.25) is 0 Å². The van der Waals surface area contributed by atoms with E-state index < -0.39 is 12.0 Å². The molecule has 3 rings (SSSR count). The number of carboxylic acids is 1. The van der Waals surface area contributed by atoms with Gasteiger partial charge >= 0.3 is 5.97 Å². The van der Waals surface area contributed by atoms with Crippen LogP contribution in [0.5, 0.6) is 0 Å². The number of rotatable bonds is 2. The van der Waals surface area contributed by atoms with E-state index in [9.17, 15) is 9.90 Å². The highest BCUT2D eigenvalue weighted by Gasteiger charge is 2.51. The first kappa shape index (κ1) is 17.2. The van der Waals surface area contributed by atoms with Crippen LogP contribution in [0.25, 0.3) is 0 Å². The number of hydrogen-bond acceptors (Lipinski definition) is 4. The second-order valence-corrected chi connectivity index (χ2v) is 8.22. The van der Waals surface area contributed by atoms with Crippen LogP contribution in [0, 0.1) is 17.8 Å². The average Bonchev–Trinajstić information content (AvgIpc) is 2.49. The van der Waals surface area contributed by atoms with E-state index in [1.165, 1.54) is 25.7 Å². The van der Waals surface area contributed by atoms with E-state index >= 15 is 0 Å². The lowest BCUT2D eigenvalue weighted by Crippen LogP contribution is -2.73. The molecule has 5 nitrogen and oxygen atoms in total. The highest BCUT2D eigenvalue weighted by atomic mass is 16.4. The van der Waals surface area contributed by atoms with Crippen LogP contribution in [0.15, 0.2) is 0 Å². The molecule has 2 saturated heterocycles. The Morgan fingerprint density at radius 3 is 2.13 bits per heavy atom. The lowest BCUT2D eigenvalue weighted by atomic mass is 9.64. The summed E-state index contributed by atoms with van der Waals surface area (Å²) in [5.74, 6) is 0.744. The monoisotopic (exact) mass is 323 g/mol. The average molecular weight is 323 g/mol. The predicted octanol–water partition coefficient (Wildman–Crippen LogP) is 2.23. The lowest BCUT2D eigenvalue weighted by Gasteiger charge is -2.56. The molecule has 0 bridgehead atoms. The van der Waals surface area contributed by atoms with Gasteiger partial charge in [-0.3, -0.25) is 20.3 Å². The Labute approximate surface area is 140 Å². The van der Waals surface area contributed by atoms with Gasteiger partial charge in [-0.1, -0.05) is 19.8 Å². The molecule has 3 N–H and O–H groups in total. The van der Waals surface area contributed by atoms with E-state index in [4.69, 9.17) is 0 Å². The minimum absolute atomic E-state index is 0.0322. The molecule has 5 heteroatoms. The van der Waals surface area contributed by atoms with E-state index in [-0.39, 0.29) is 12.2 Å². The second kappa shape index (κ2) is 6.69. The molecular formula is C18H33N3O2. The molecule has 23 heavy (non-hydrogen) atoms. The summed E-state index contributed by atoms with van der Waals surface area (Å²) in [6.07, 6.45) is 6.05. The Bertz CT molecular complexity index is 434. The molecule has 1 aliphatic carbocycles. The molecule has 2 heterocycles. The number of carbonyl (C=O) groups is 1. The van der Waals surface area contributed by atoms with E-state index in [0.717, 1.165) is 6.42 Å². The second-order valence-electron chi connectivity index (χ2n) is 8.22. The molecule has 0 radical (unpaired) electrons. The van der Waals surface area contributed by atoms with Crippen molar-refractivity contribution in [3.63, 3.8) is 0 Å². The first-order chi connectivity index (χ1) is 10.9. The molecule has 0 amide bonds. The van der Waals surface area contributed by atoms with E-state index in [0.29, 0.717) is 30.0 Å². The van der Waals surface area contributed by atoms with Crippen molar-refractivity contribution in [2.45, 2.75) is 90.3 Å². The van der Waals surface area contributed by atoms with Gasteiger partial charge in [-0.2, -0.15) is 0 Å². The fourth-order valence-electron chi connectivity index (χ4n) is 5.59. The molecular weight excluding hydrogens is 290 g/mol. The summed E-state index contributed by atoms with van der Waals surface area (Å²) in [6, 6.07) is 0.738. The Hall–Kier alpha value is -0.650. The summed E-state index contributed by atoms with van der Waals surface area (Å²) >= 11 is 0. The smallest absolute Gasteiger partial charge is 0.321 e. The normalized spacial score (nSPS) is 48.7. The van der Waals surface area contributed by atoms with Crippen LogP contribution in [0.4, 0.5) is 0 Å². The summed E-state index contributed by atoms with van der Waals surface area (Å²) in [6.45, 7) is 8.80. The zero-order valence-corrected chi connectivity index (χ0v) is 15.0. The Balaban J connectivity index is 1.89. The van der Waals surface area contributed by atoms with Crippen LogP contribution in [0.1, 0.15) is 59.8 Å². The molecule has 1 saturated carbocycles. The highest BCUT2D eigenvalue weighted by molar-refractivity contribution is 5.74. The van der Waals surface area contributed by atoms with Gasteiger partial charge in [0.05, 0.1) is 0 Å². The van der Waals surface area contributed by atoms with Crippen LogP contribution in [-0.4, -0.2) is 46.4 Å². The summed E-state index contributed by atoms with van der Waals surface area (Å²) in [4.78, 5) is 14.3. The Kier molecular flexibility index (Phi) is 5.00. The molecule has 0 spiro atoms. The molecule has 7 unspecified atom stereocenters. The van der Waals surface area contributed by atoms with Crippen molar-refractivity contribution in [3.05, 3.63) is 0 Å². The third-order valence-electron chi connectivity index (χ3n) is 6.60. The molecule has 0 aromatic carbocycles. The van der Waals surface area contributed by atoms with Crippen LogP contribution in [0.3, 0.4) is 0 Å². The molecule has 0 aromatic rings. The van der Waals surface area contributed by atoms with E-state index in [2.05, 4.69) is 43.2 Å². The van der Waals surface area contributed by atoms with Gasteiger partial charge in [0.15, 0.2) is 0 Å². The standard InChI is InChI=1S/C18H33N3O2/c1-10-9-11(2)20-18(19-10)21-13(4)15-8-6-5-7-14(15)12(3)16(21)17(22)23/h10-16,18-20H,5-9H2,1-4H3,(H,22,23). The number of carboxylic acid groups (broad SMARTS) is 1. The van der Waals surface area contributed by atoms with Crippen molar-refractivity contribution < 1.29 is 9.90 Å². The SMILES string of the molecule is CC1CC(C)NC(N2C(C)C3CCCCC3C(C)C2C(=O)O)N1. The van der Waals surface area contributed by atoms with Crippen molar-refractivity contribution >= 4 is 5.97 Å². The Morgan fingerprint density at radius 2 is 1.57 bits per heavy atom. The number of fused-ring (bicyclic) bond motifs is 1. The van der Waals surface area contributed by atoms with Crippen molar-refractivity contribution in [2.75, 3.05) is 0 Å². The van der Waals surface area contributed by atoms with Crippen LogP contribution in [-0.2, 0) is 4.79 Å². The quantitative estimate of drug-likeness (QED) is 0.727. The largest absolute Gasteiger partial charge is 0.480 e. The molecule has 2 aliphatic heterocycles. The number of piperidine rings is 1. The maximum Gasteiger partial charge on any atom is 0.321 e. The number of likely N-dealkylation sites (tertiary alicyclic amines) is 1. The van der Waals surface area contributed by atoms with Gasteiger partial charge in [0.2, 0.25) is 0 Å². The molecule has 0 aromatic heterocycles. The van der Waals surface area contributed by atoms with Gasteiger partial charge in [0, 0.05) is 18.1 Å². The first-order valence-corrected chi connectivity index (χ1v) is 9.42. The van der Waals surface area contributed by atoms with Crippen molar-refractivity contribution in [1.29, 1.82) is 0 Å². The van der Waals surface area contributed by atoms with Gasteiger partial charge in [-0.15, -0.1) is 0 Å². The third kappa shape index (κ3) is 3.15. The zero-order valence-electron chi connectivity index (χ0n) is 15.0. The van der Waals surface area contributed by atoms with Gasteiger partial charge in [0.25, 0.3) is 0 Å². The lowest BCUT2D eigenvalue weighted by molar-refractivity contribution is -0.162. The number of nitrogens with zero attached hydrogens (tertiary/aromatic N) is 1. The number of aliphatic carboxylic acids is 1. The van der Waals surface area contributed by atoms with Crippen molar-refractivity contribution in [3.8, 4) is 0 Å². The topological polar surface area (TPSA) is 64.6 Å². The predicted molar refractivity (Wildman–Crippen MR) is 90.9 cm³/mol. The third-order valence-corrected chi connectivity index (χ3v) is 6.60.